The van der Waals surface area contributed by atoms with E-state index in [1.165, 1.54) is 0 Å². The average molecular weight is 340 g/mol. The Balaban J connectivity index is 3.04. The van der Waals surface area contributed by atoms with Crippen molar-refractivity contribution in [3.63, 3.8) is 0 Å². The first-order valence-electron chi connectivity index (χ1n) is 3.16. The lowest BCUT2D eigenvalue weighted by Crippen LogP contribution is -2.21. The predicted molar refractivity (Wildman–Crippen MR) is 62.4 cm³/mol. The SMILES string of the molecule is N=C(N)Nc1c(Br)cccc1I. The summed E-state index contributed by atoms with van der Waals surface area (Å²) in [5, 5.41) is 9.82. The molecule has 3 nitrogen and oxygen atoms in total. The molecule has 0 fully saturated rings. The van der Waals surface area contributed by atoms with Gasteiger partial charge in [0.2, 0.25) is 0 Å². The maximum Gasteiger partial charge on any atom is 0.190 e. The first kappa shape index (κ1) is 9.79. The van der Waals surface area contributed by atoms with Crippen molar-refractivity contribution in [1.82, 2.24) is 0 Å². The monoisotopic (exact) mass is 339 g/mol. The summed E-state index contributed by atoms with van der Waals surface area (Å²) in [7, 11) is 0. The molecule has 4 N–H and O–H groups in total. The zero-order chi connectivity index (χ0) is 9.14. The smallest absolute Gasteiger partial charge is 0.190 e. The highest BCUT2D eigenvalue weighted by molar-refractivity contribution is 14.1. The van der Waals surface area contributed by atoms with E-state index < -0.39 is 0 Å². The molecule has 0 aromatic heterocycles. The van der Waals surface area contributed by atoms with Crippen LogP contribution in [0.3, 0.4) is 0 Å². The molecule has 0 unspecified atom stereocenters. The highest BCUT2D eigenvalue weighted by atomic mass is 127. The van der Waals surface area contributed by atoms with Gasteiger partial charge in [0.25, 0.3) is 0 Å². The van der Waals surface area contributed by atoms with Crippen LogP contribution in [0.5, 0.6) is 0 Å². The van der Waals surface area contributed by atoms with Crippen LogP contribution < -0.4 is 11.1 Å². The lowest BCUT2D eigenvalue weighted by Gasteiger charge is -2.07. The summed E-state index contributed by atoms with van der Waals surface area (Å²) in [4.78, 5) is 0. The zero-order valence-electron chi connectivity index (χ0n) is 6.07. The summed E-state index contributed by atoms with van der Waals surface area (Å²) in [5.74, 6) is -0.0557. The van der Waals surface area contributed by atoms with Crippen molar-refractivity contribution in [2.24, 2.45) is 5.73 Å². The van der Waals surface area contributed by atoms with Crippen molar-refractivity contribution in [2.75, 3.05) is 5.32 Å². The lowest BCUT2D eigenvalue weighted by molar-refractivity contribution is 1.40. The Morgan fingerprint density at radius 3 is 2.75 bits per heavy atom. The zero-order valence-corrected chi connectivity index (χ0v) is 9.81. The van der Waals surface area contributed by atoms with Gasteiger partial charge in [-0.25, -0.2) is 0 Å². The molecule has 0 aliphatic rings. The number of para-hydroxylation sites is 1. The molecular weight excluding hydrogens is 333 g/mol. The fraction of sp³-hybridized carbons (Fsp3) is 0. The van der Waals surface area contributed by atoms with Gasteiger partial charge in [0, 0.05) is 8.04 Å². The lowest BCUT2D eigenvalue weighted by atomic mass is 10.3. The van der Waals surface area contributed by atoms with Crippen molar-refractivity contribution in [1.29, 1.82) is 5.41 Å². The van der Waals surface area contributed by atoms with Gasteiger partial charge in [-0.2, -0.15) is 0 Å². The molecule has 0 spiro atoms. The molecule has 0 bridgehead atoms. The molecule has 0 atom stereocenters. The third kappa shape index (κ3) is 2.34. The number of hydrogen-bond donors (Lipinski definition) is 3. The molecule has 0 heterocycles. The third-order valence-electron chi connectivity index (χ3n) is 1.22. The predicted octanol–water partition coefficient (Wildman–Crippen LogP) is 2.36. The van der Waals surface area contributed by atoms with Gasteiger partial charge in [0.15, 0.2) is 5.96 Å². The fourth-order valence-corrected chi connectivity index (χ4v) is 2.22. The minimum absolute atomic E-state index is 0.0557. The van der Waals surface area contributed by atoms with E-state index in [0.717, 1.165) is 13.7 Å². The largest absolute Gasteiger partial charge is 0.370 e. The van der Waals surface area contributed by atoms with Crippen molar-refractivity contribution >= 4 is 50.2 Å². The number of nitrogens with two attached hydrogens (primary N) is 1. The van der Waals surface area contributed by atoms with Gasteiger partial charge < -0.3 is 11.1 Å². The number of halogens is 2. The standard InChI is InChI=1S/C7H7BrIN3/c8-4-2-1-3-5(9)6(4)12-7(10)11/h1-3H,(H4,10,11,12). The first-order valence-corrected chi connectivity index (χ1v) is 5.03. The van der Waals surface area contributed by atoms with E-state index in [2.05, 4.69) is 43.8 Å². The van der Waals surface area contributed by atoms with E-state index >= 15 is 0 Å². The van der Waals surface area contributed by atoms with Crippen molar-refractivity contribution in [3.8, 4) is 0 Å². The summed E-state index contributed by atoms with van der Waals surface area (Å²) in [6, 6.07) is 5.77. The summed E-state index contributed by atoms with van der Waals surface area (Å²) >= 11 is 5.53. The number of hydrogen-bond acceptors (Lipinski definition) is 1. The highest BCUT2D eigenvalue weighted by Crippen LogP contribution is 2.27. The van der Waals surface area contributed by atoms with Crippen LogP contribution in [0, 0.1) is 8.98 Å². The number of anilines is 1. The molecule has 64 valence electrons. The van der Waals surface area contributed by atoms with Crippen LogP contribution in [-0.4, -0.2) is 5.96 Å². The molecule has 1 aromatic rings. The van der Waals surface area contributed by atoms with Crippen molar-refractivity contribution in [3.05, 3.63) is 26.2 Å². The highest BCUT2D eigenvalue weighted by Gasteiger charge is 2.03. The van der Waals surface area contributed by atoms with Crippen LogP contribution in [0.15, 0.2) is 22.7 Å². The second kappa shape index (κ2) is 4.08. The number of guanidine groups is 1. The summed E-state index contributed by atoms with van der Waals surface area (Å²) in [5.41, 5.74) is 6.05. The molecule has 0 saturated carbocycles. The van der Waals surface area contributed by atoms with Crippen LogP contribution in [0.4, 0.5) is 5.69 Å². The van der Waals surface area contributed by atoms with E-state index in [1.54, 1.807) is 0 Å². The Bertz CT molecular complexity index is 293. The van der Waals surface area contributed by atoms with Crippen LogP contribution in [0.2, 0.25) is 0 Å². The second-order valence-electron chi connectivity index (χ2n) is 2.14. The van der Waals surface area contributed by atoms with Gasteiger partial charge in [-0.05, 0) is 50.7 Å². The second-order valence-corrected chi connectivity index (χ2v) is 4.15. The van der Waals surface area contributed by atoms with E-state index in [-0.39, 0.29) is 5.96 Å². The van der Waals surface area contributed by atoms with Gasteiger partial charge in [0.1, 0.15) is 0 Å². The maximum absolute atomic E-state index is 7.07. The Kier molecular flexibility index (Phi) is 3.33. The quantitative estimate of drug-likeness (QED) is 0.418. The molecule has 12 heavy (non-hydrogen) atoms. The van der Waals surface area contributed by atoms with Crippen LogP contribution in [-0.2, 0) is 0 Å². The molecule has 0 amide bonds. The van der Waals surface area contributed by atoms with Crippen LogP contribution in [0.1, 0.15) is 0 Å². The molecule has 0 aliphatic heterocycles. The molecule has 1 aromatic carbocycles. The fourth-order valence-electron chi connectivity index (χ4n) is 0.752. The van der Waals surface area contributed by atoms with Gasteiger partial charge in [0.05, 0.1) is 5.69 Å². The van der Waals surface area contributed by atoms with Crippen molar-refractivity contribution in [2.45, 2.75) is 0 Å². The maximum atomic E-state index is 7.07. The summed E-state index contributed by atoms with van der Waals surface area (Å²) in [6.07, 6.45) is 0. The number of benzene rings is 1. The van der Waals surface area contributed by atoms with E-state index in [9.17, 15) is 0 Å². The number of nitrogens with one attached hydrogen (secondary N) is 2. The summed E-state index contributed by atoms with van der Waals surface area (Å²) in [6.45, 7) is 0. The van der Waals surface area contributed by atoms with E-state index in [1.807, 2.05) is 18.2 Å². The Hall–Kier alpha value is -0.300. The molecule has 0 aliphatic carbocycles. The van der Waals surface area contributed by atoms with Crippen molar-refractivity contribution < 1.29 is 0 Å². The molecule has 1 rings (SSSR count). The van der Waals surface area contributed by atoms with Gasteiger partial charge >= 0.3 is 0 Å². The number of rotatable bonds is 1. The van der Waals surface area contributed by atoms with E-state index in [0.29, 0.717) is 0 Å². The Morgan fingerprint density at radius 2 is 2.25 bits per heavy atom. The molecular formula is C7H7BrIN3. The molecule has 0 radical (unpaired) electrons. The normalized spacial score (nSPS) is 9.50. The third-order valence-corrected chi connectivity index (χ3v) is 2.78. The van der Waals surface area contributed by atoms with Crippen LogP contribution >= 0.6 is 38.5 Å². The molecule has 0 saturated heterocycles. The minimum atomic E-state index is -0.0557. The topological polar surface area (TPSA) is 61.9 Å². The van der Waals surface area contributed by atoms with Gasteiger partial charge in [-0.3, -0.25) is 5.41 Å². The van der Waals surface area contributed by atoms with Crippen LogP contribution in [0.25, 0.3) is 0 Å². The van der Waals surface area contributed by atoms with E-state index in [4.69, 9.17) is 11.1 Å². The molecule has 5 heteroatoms. The Labute approximate surface area is 92.5 Å². The minimum Gasteiger partial charge on any atom is -0.370 e. The van der Waals surface area contributed by atoms with Gasteiger partial charge in [-0.15, -0.1) is 0 Å². The van der Waals surface area contributed by atoms with Gasteiger partial charge in [-0.1, -0.05) is 6.07 Å². The summed E-state index contributed by atoms with van der Waals surface area (Å²) < 4.78 is 1.93. The average Bonchev–Trinajstić information content (AvgIpc) is 1.97. The first-order chi connectivity index (χ1) is 5.61. The Morgan fingerprint density at radius 1 is 1.58 bits per heavy atom.